The fourth-order valence-corrected chi connectivity index (χ4v) is 5.71. The molecular formula is C22H40N2O2. The van der Waals surface area contributed by atoms with Crippen molar-refractivity contribution in [3.8, 4) is 0 Å². The van der Waals surface area contributed by atoms with Gasteiger partial charge in [-0.05, 0) is 92.9 Å². The highest BCUT2D eigenvalue weighted by atomic mass is 16.2. The van der Waals surface area contributed by atoms with Gasteiger partial charge in [0.15, 0.2) is 0 Å². The van der Waals surface area contributed by atoms with Gasteiger partial charge >= 0.3 is 0 Å². The molecule has 0 saturated heterocycles. The fraction of sp³-hybridized carbons (Fsp3) is 0.909. The van der Waals surface area contributed by atoms with Gasteiger partial charge in [0.2, 0.25) is 11.8 Å². The molecule has 0 spiro atoms. The van der Waals surface area contributed by atoms with Crippen LogP contribution in [0.4, 0.5) is 0 Å². The van der Waals surface area contributed by atoms with Crippen molar-refractivity contribution in [1.82, 2.24) is 9.80 Å². The lowest BCUT2D eigenvalue weighted by molar-refractivity contribution is -0.162. The Bertz CT molecular complexity index is 442. The van der Waals surface area contributed by atoms with E-state index in [4.69, 9.17) is 0 Å². The van der Waals surface area contributed by atoms with Gasteiger partial charge < -0.3 is 9.80 Å². The molecule has 0 heterocycles. The molecule has 3 aliphatic carbocycles. The maximum Gasteiger partial charge on any atom is 0.227 e. The Morgan fingerprint density at radius 2 is 0.808 bits per heavy atom. The van der Waals surface area contributed by atoms with Gasteiger partial charge in [-0.1, -0.05) is 0 Å². The number of hydrogen-bond acceptors (Lipinski definition) is 2. The summed E-state index contributed by atoms with van der Waals surface area (Å²) in [6.45, 7) is 16.7. The van der Waals surface area contributed by atoms with Gasteiger partial charge in [-0.3, -0.25) is 9.59 Å². The van der Waals surface area contributed by atoms with Crippen molar-refractivity contribution in [2.75, 3.05) is 0 Å². The van der Waals surface area contributed by atoms with Crippen LogP contribution in [0, 0.1) is 23.7 Å². The highest BCUT2D eigenvalue weighted by Gasteiger charge is 2.52. The number of nitrogens with zero attached hydrogens (tertiary/aromatic N) is 2. The smallest absolute Gasteiger partial charge is 0.227 e. The van der Waals surface area contributed by atoms with Crippen molar-refractivity contribution in [3.63, 3.8) is 0 Å². The molecule has 2 atom stereocenters. The predicted octanol–water partition coefficient (Wildman–Crippen LogP) is 4.33. The van der Waals surface area contributed by atoms with Crippen LogP contribution in [0.25, 0.3) is 0 Å². The highest BCUT2D eigenvalue weighted by molar-refractivity contribution is 5.89. The van der Waals surface area contributed by atoms with E-state index in [-0.39, 0.29) is 47.8 Å². The summed E-state index contributed by atoms with van der Waals surface area (Å²) in [6.07, 6.45) is 4.44. The summed E-state index contributed by atoms with van der Waals surface area (Å²) in [5, 5.41) is 0. The quantitative estimate of drug-likeness (QED) is 0.704. The Morgan fingerprint density at radius 1 is 0.577 bits per heavy atom. The van der Waals surface area contributed by atoms with E-state index in [0.29, 0.717) is 11.8 Å². The van der Waals surface area contributed by atoms with E-state index in [2.05, 4.69) is 55.4 Å². The molecule has 0 aromatic carbocycles. The van der Waals surface area contributed by atoms with Crippen molar-refractivity contribution in [2.24, 2.45) is 23.7 Å². The molecule has 0 unspecified atom stereocenters. The molecule has 0 N–H and O–H groups in total. The molecular weight excluding hydrogens is 324 g/mol. The molecule has 3 saturated carbocycles. The largest absolute Gasteiger partial charge is 0.338 e. The van der Waals surface area contributed by atoms with Crippen LogP contribution >= 0.6 is 0 Å². The Labute approximate surface area is 160 Å². The molecule has 2 amide bonds. The first kappa shape index (κ1) is 21.2. The monoisotopic (exact) mass is 364 g/mol. The minimum atomic E-state index is -0.125. The van der Waals surface area contributed by atoms with Crippen molar-refractivity contribution in [3.05, 3.63) is 0 Å². The minimum absolute atomic E-state index is 0.125. The molecule has 4 nitrogen and oxygen atoms in total. The Hall–Kier alpha value is -1.06. The van der Waals surface area contributed by atoms with Gasteiger partial charge in [-0.2, -0.15) is 0 Å². The van der Waals surface area contributed by atoms with Crippen LogP contribution in [0.2, 0.25) is 0 Å². The van der Waals surface area contributed by atoms with E-state index < -0.39 is 0 Å². The standard InChI is InChI=1S/C22H40N2O2/c1-13(2)23(14(3)4)21(25)19-17-9-11-18(12-10-17)20(19)22(26)24(15(5)6)16(7)8/h13-20H,9-12H2,1-8H3/t17?,18?,19-,20+. The van der Waals surface area contributed by atoms with Gasteiger partial charge in [0, 0.05) is 24.2 Å². The van der Waals surface area contributed by atoms with Crippen LogP contribution in [-0.4, -0.2) is 45.8 Å². The lowest BCUT2D eigenvalue weighted by atomic mass is 9.57. The Balaban J connectivity index is 2.38. The lowest BCUT2D eigenvalue weighted by Gasteiger charge is -2.51. The van der Waals surface area contributed by atoms with E-state index in [1.54, 1.807) is 0 Å². The number of fused-ring (bicyclic) bond motifs is 3. The SMILES string of the molecule is CC(C)N(C(=O)[C@@H]1C2CCC(CC2)[C@@H]1C(=O)N(C(C)C)C(C)C)C(C)C. The zero-order valence-corrected chi connectivity index (χ0v) is 18.2. The third-order valence-electron chi connectivity index (χ3n) is 6.52. The summed E-state index contributed by atoms with van der Waals surface area (Å²) in [7, 11) is 0. The zero-order valence-electron chi connectivity index (χ0n) is 18.2. The van der Waals surface area contributed by atoms with E-state index in [9.17, 15) is 9.59 Å². The van der Waals surface area contributed by atoms with Crippen LogP contribution in [0.1, 0.15) is 81.1 Å². The normalized spacial score (nSPS) is 28.3. The van der Waals surface area contributed by atoms with E-state index in [1.807, 2.05) is 9.80 Å². The summed E-state index contributed by atoms with van der Waals surface area (Å²) in [5.74, 6) is 0.940. The van der Waals surface area contributed by atoms with Crippen molar-refractivity contribution >= 4 is 11.8 Å². The topological polar surface area (TPSA) is 40.6 Å². The fourth-order valence-electron chi connectivity index (χ4n) is 5.71. The minimum Gasteiger partial charge on any atom is -0.338 e. The molecule has 0 radical (unpaired) electrons. The van der Waals surface area contributed by atoms with Crippen LogP contribution in [0.15, 0.2) is 0 Å². The molecule has 3 aliphatic rings. The highest BCUT2D eigenvalue weighted by Crippen LogP contribution is 2.50. The van der Waals surface area contributed by atoms with Gasteiger partial charge in [-0.25, -0.2) is 0 Å². The summed E-state index contributed by atoms with van der Waals surface area (Å²) in [5.41, 5.74) is 0. The van der Waals surface area contributed by atoms with E-state index in [0.717, 1.165) is 25.7 Å². The second-order valence-electron chi connectivity index (χ2n) is 9.59. The second-order valence-corrected chi connectivity index (χ2v) is 9.59. The number of amides is 2. The summed E-state index contributed by atoms with van der Waals surface area (Å²) in [6, 6.07) is 0.685. The first-order valence-corrected chi connectivity index (χ1v) is 10.7. The average molecular weight is 365 g/mol. The lowest BCUT2D eigenvalue weighted by Crippen LogP contribution is -2.58. The first-order chi connectivity index (χ1) is 12.1. The van der Waals surface area contributed by atoms with Crippen LogP contribution in [-0.2, 0) is 9.59 Å². The van der Waals surface area contributed by atoms with Gasteiger partial charge in [0.25, 0.3) is 0 Å². The Kier molecular flexibility index (Phi) is 6.79. The second kappa shape index (κ2) is 8.31. The predicted molar refractivity (Wildman–Crippen MR) is 107 cm³/mol. The molecule has 0 aromatic heterocycles. The number of carbonyl (C=O) groups is 2. The first-order valence-electron chi connectivity index (χ1n) is 10.7. The van der Waals surface area contributed by atoms with Gasteiger partial charge in [0.05, 0.1) is 11.8 Å². The zero-order chi connectivity index (χ0) is 19.8. The van der Waals surface area contributed by atoms with E-state index in [1.165, 1.54) is 0 Å². The van der Waals surface area contributed by atoms with Crippen molar-refractivity contribution in [1.29, 1.82) is 0 Å². The summed E-state index contributed by atoms with van der Waals surface area (Å²) in [4.78, 5) is 31.2. The number of rotatable bonds is 6. The third kappa shape index (κ3) is 3.94. The van der Waals surface area contributed by atoms with Crippen LogP contribution in [0.5, 0.6) is 0 Å². The van der Waals surface area contributed by atoms with Crippen LogP contribution < -0.4 is 0 Å². The Morgan fingerprint density at radius 3 is 1.00 bits per heavy atom. The average Bonchev–Trinajstić information content (AvgIpc) is 2.53. The van der Waals surface area contributed by atoms with E-state index >= 15 is 0 Å². The maximum atomic E-state index is 13.6. The van der Waals surface area contributed by atoms with Crippen molar-refractivity contribution in [2.45, 2.75) is 105 Å². The molecule has 3 fully saturated rings. The summed E-state index contributed by atoms with van der Waals surface area (Å²) >= 11 is 0. The van der Waals surface area contributed by atoms with Crippen molar-refractivity contribution < 1.29 is 9.59 Å². The molecule has 26 heavy (non-hydrogen) atoms. The molecule has 4 heteroatoms. The van der Waals surface area contributed by atoms with Gasteiger partial charge in [0.1, 0.15) is 0 Å². The van der Waals surface area contributed by atoms with Crippen LogP contribution in [0.3, 0.4) is 0 Å². The number of carbonyl (C=O) groups excluding carboxylic acids is 2. The summed E-state index contributed by atoms with van der Waals surface area (Å²) < 4.78 is 0. The molecule has 150 valence electrons. The molecule has 0 aliphatic heterocycles. The molecule has 3 rings (SSSR count). The third-order valence-corrected chi connectivity index (χ3v) is 6.52. The molecule has 2 bridgehead atoms. The number of hydrogen-bond donors (Lipinski definition) is 0. The molecule has 0 aromatic rings. The van der Waals surface area contributed by atoms with Gasteiger partial charge in [-0.15, -0.1) is 0 Å². The maximum absolute atomic E-state index is 13.6.